The second-order valence-electron chi connectivity index (χ2n) is 6.36. The van der Waals surface area contributed by atoms with Gasteiger partial charge in [-0.3, -0.25) is 4.79 Å². The highest BCUT2D eigenvalue weighted by Crippen LogP contribution is 2.21. The van der Waals surface area contributed by atoms with Crippen LogP contribution in [0.4, 0.5) is 4.39 Å². The second-order valence-corrected chi connectivity index (χ2v) is 7.44. The lowest BCUT2D eigenvalue weighted by molar-refractivity contribution is 0.0937. The zero-order valence-corrected chi connectivity index (χ0v) is 17.6. The van der Waals surface area contributed by atoms with Crippen molar-refractivity contribution in [2.75, 3.05) is 6.54 Å². The van der Waals surface area contributed by atoms with Gasteiger partial charge in [-0.15, -0.1) is 36.2 Å². The van der Waals surface area contributed by atoms with Crippen molar-refractivity contribution in [3.63, 3.8) is 0 Å². The van der Waals surface area contributed by atoms with Gasteiger partial charge in [-0.05, 0) is 37.0 Å². The Hall–Kier alpha value is -1.21. The lowest BCUT2D eigenvalue weighted by Crippen LogP contribution is -2.41. The molecule has 4 nitrogen and oxygen atoms in total. The number of nitrogens with zero attached hydrogens (tertiary/aromatic N) is 1. The van der Waals surface area contributed by atoms with Crippen LogP contribution in [0.1, 0.15) is 46.2 Å². The highest BCUT2D eigenvalue weighted by Gasteiger charge is 2.19. The minimum Gasteiger partial charge on any atom is -0.347 e. The molecule has 1 aromatic heterocycles. The Balaban J connectivity index is 0.00000312. The molecule has 8 heteroatoms. The molecule has 0 saturated carbocycles. The molecule has 1 amide bonds. The number of halogens is 3. The summed E-state index contributed by atoms with van der Waals surface area (Å²) in [4.78, 5) is 17.6. The Kier molecular flexibility index (Phi) is 11.0. The zero-order chi connectivity index (χ0) is 17.7. The largest absolute Gasteiger partial charge is 0.347 e. The molecule has 2 aromatic rings. The van der Waals surface area contributed by atoms with Gasteiger partial charge >= 0.3 is 0 Å². The molecule has 0 aliphatic carbocycles. The maximum atomic E-state index is 13.0. The molecule has 0 saturated heterocycles. The number of aryl methyl sites for hydroxylation is 1. The summed E-state index contributed by atoms with van der Waals surface area (Å²) in [6.07, 6.45) is 1.44. The quantitative estimate of drug-likeness (QED) is 0.705. The number of hydrogen-bond donors (Lipinski definition) is 2. The number of benzene rings is 1. The number of carbonyl (C=O) groups excluding carboxylic acids is 1. The van der Waals surface area contributed by atoms with E-state index >= 15 is 0 Å². The third-order valence-corrected chi connectivity index (χ3v) is 4.85. The molecule has 1 aromatic carbocycles. The van der Waals surface area contributed by atoms with Crippen molar-refractivity contribution < 1.29 is 9.18 Å². The molecule has 0 spiro atoms. The molecule has 0 bridgehead atoms. The first-order valence-electron chi connectivity index (χ1n) is 8.10. The summed E-state index contributed by atoms with van der Waals surface area (Å²) < 4.78 is 13.0. The highest BCUT2D eigenvalue weighted by molar-refractivity contribution is 7.13. The summed E-state index contributed by atoms with van der Waals surface area (Å²) in [6, 6.07) is 6.31. The fourth-order valence-electron chi connectivity index (χ4n) is 2.55. The first-order valence-corrected chi connectivity index (χ1v) is 8.92. The molecule has 0 aliphatic heterocycles. The molecule has 1 atom stereocenters. The molecule has 146 valence electrons. The number of thiazole rings is 1. The molecular weight excluding hydrogens is 396 g/mol. The van der Waals surface area contributed by atoms with Crippen molar-refractivity contribution in [3.8, 4) is 0 Å². The molecule has 2 rings (SSSR count). The first-order chi connectivity index (χ1) is 11.4. The summed E-state index contributed by atoms with van der Waals surface area (Å²) in [5.41, 5.74) is 7.43. The number of carbonyl (C=O) groups is 1. The van der Waals surface area contributed by atoms with Crippen LogP contribution in [0.5, 0.6) is 0 Å². The predicted octanol–water partition coefficient (Wildman–Crippen LogP) is 4.13. The number of nitrogens with one attached hydrogen (secondary N) is 1. The maximum absolute atomic E-state index is 13.0. The van der Waals surface area contributed by atoms with E-state index in [1.165, 1.54) is 23.5 Å². The van der Waals surface area contributed by atoms with Crippen LogP contribution < -0.4 is 11.1 Å². The van der Waals surface area contributed by atoms with Gasteiger partial charge in [0.05, 0.1) is 10.7 Å². The summed E-state index contributed by atoms with van der Waals surface area (Å²) in [7, 11) is 0. The Labute approximate surface area is 170 Å². The van der Waals surface area contributed by atoms with Crippen molar-refractivity contribution in [1.29, 1.82) is 0 Å². The van der Waals surface area contributed by atoms with E-state index in [0.29, 0.717) is 23.8 Å². The third-order valence-electron chi connectivity index (χ3n) is 3.69. The van der Waals surface area contributed by atoms with Crippen molar-refractivity contribution in [2.24, 2.45) is 11.7 Å². The smallest absolute Gasteiger partial charge is 0.263 e. The lowest BCUT2D eigenvalue weighted by atomic mass is 10.0. The monoisotopic (exact) mass is 421 g/mol. The Morgan fingerprint density at radius 2 is 1.88 bits per heavy atom. The van der Waals surface area contributed by atoms with Gasteiger partial charge in [0.1, 0.15) is 10.7 Å². The van der Waals surface area contributed by atoms with Gasteiger partial charge in [-0.1, -0.05) is 26.0 Å². The van der Waals surface area contributed by atoms with E-state index in [1.54, 1.807) is 12.1 Å². The van der Waals surface area contributed by atoms with Crippen molar-refractivity contribution in [1.82, 2.24) is 10.3 Å². The molecule has 0 fully saturated rings. The van der Waals surface area contributed by atoms with Crippen LogP contribution in [0.3, 0.4) is 0 Å². The number of aromatic nitrogens is 1. The zero-order valence-electron chi connectivity index (χ0n) is 15.1. The average molecular weight is 422 g/mol. The van der Waals surface area contributed by atoms with Crippen LogP contribution in [0, 0.1) is 18.7 Å². The third kappa shape index (κ3) is 7.19. The van der Waals surface area contributed by atoms with Gasteiger partial charge in [0.15, 0.2) is 0 Å². The topological polar surface area (TPSA) is 68.0 Å². The van der Waals surface area contributed by atoms with Crippen LogP contribution in [-0.4, -0.2) is 23.5 Å². The Bertz CT molecular complexity index is 692. The first kappa shape index (κ1) is 24.8. The Morgan fingerprint density at radius 1 is 1.27 bits per heavy atom. The molecular formula is C18H26Cl2FN3OS. The van der Waals surface area contributed by atoms with Gasteiger partial charge in [0, 0.05) is 19.0 Å². The standard InChI is InChI=1S/C18H24FN3OS.2ClH/c1-11(2)8-15(10-20)22-18(23)17-12(3)21-16(24-17)9-13-4-6-14(19)7-5-13;;/h4-7,11,15H,8-10,20H2,1-3H3,(H,22,23);2*1H. The van der Waals surface area contributed by atoms with E-state index in [4.69, 9.17) is 5.73 Å². The summed E-state index contributed by atoms with van der Waals surface area (Å²) in [5.74, 6) is 0.0917. The fourth-order valence-corrected chi connectivity index (χ4v) is 3.55. The highest BCUT2D eigenvalue weighted by atomic mass is 35.5. The van der Waals surface area contributed by atoms with E-state index < -0.39 is 0 Å². The fraction of sp³-hybridized carbons (Fsp3) is 0.444. The minimum absolute atomic E-state index is 0. The predicted molar refractivity (Wildman–Crippen MR) is 110 cm³/mol. The number of rotatable bonds is 7. The Morgan fingerprint density at radius 3 is 2.42 bits per heavy atom. The van der Waals surface area contributed by atoms with Crippen LogP contribution >= 0.6 is 36.2 Å². The SMILES string of the molecule is Cc1nc(Cc2ccc(F)cc2)sc1C(=O)NC(CN)CC(C)C.Cl.Cl. The van der Waals surface area contributed by atoms with Gasteiger partial charge in [-0.2, -0.15) is 0 Å². The van der Waals surface area contributed by atoms with E-state index in [1.807, 2.05) is 6.92 Å². The molecule has 3 N–H and O–H groups in total. The lowest BCUT2D eigenvalue weighted by Gasteiger charge is -2.18. The average Bonchev–Trinajstić information content (AvgIpc) is 2.89. The molecule has 1 heterocycles. The molecule has 0 aliphatic rings. The molecule has 0 radical (unpaired) electrons. The van der Waals surface area contributed by atoms with Gasteiger partial charge in [0.2, 0.25) is 0 Å². The van der Waals surface area contributed by atoms with Crippen molar-refractivity contribution in [2.45, 2.75) is 39.7 Å². The number of nitrogens with two attached hydrogens (primary N) is 1. The normalized spacial score (nSPS) is 11.5. The van der Waals surface area contributed by atoms with E-state index in [9.17, 15) is 9.18 Å². The van der Waals surface area contributed by atoms with Gasteiger partial charge in [0.25, 0.3) is 5.91 Å². The van der Waals surface area contributed by atoms with Crippen LogP contribution in [-0.2, 0) is 6.42 Å². The van der Waals surface area contributed by atoms with Crippen molar-refractivity contribution in [3.05, 3.63) is 51.2 Å². The second kappa shape index (κ2) is 11.5. The van der Waals surface area contributed by atoms with Crippen LogP contribution in [0.15, 0.2) is 24.3 Å². The van der Waals surface area contributed by atoms with E-state index in [2.05, 4.69) is 24.1 Å². The van der Waals surface area contributed by atoms with E-state index in [-0.39, 0.29) is 42.6 Å². The minimum atomic E-state index is -0.257. The summed E-state index contributed by atoms with van der Waals surface area (Å²) in [5, 5.41) is 3.84. The number of hydrogen-bond acceptors (Lipinski definition) is 4. The number of amides is 1. The van der Waals surface area contributed by atoms with Crippen LogP contribution in [0.2, 0.25) is 0 Å². The van der Waals surface area contributed by atoms with Crippen LogP contribution in [0.25, 0.3) is 0 Å². The van der Waals surface area contributed by atoms with Gasteiger partial charge in [-0.25, -0.2) is 9.37 Å². The van der Waals surface area contributed by atoms with Crippen molar-refractivity contribution >= 4 is 42.1 Å². The van der Waals surface area contributed by atoms with E-state index in [0.717, 1.165) is 22.7 Å². The summed E-state index contributed by atoms with van der Waals surface area (Å²) in [6.45, 7) is 6.46. The van der Waals surface area contributed by atoms with Gasteiger partial charge < -0.3 is 11.1 Å². The molecule has 26 heavy (non-hydrogen) atoms. The maximum Gasteiger partial charge on any atom is 0.263 e. The summed E-state index contributed by atoms with van der Waals surface area (Å²) >= 11 is 1.38. The molecule has 1 unspecified atom stereocenters.